The second-order valence-electron chi connectivity index (χ2n) is 5.72. The molecule has 1 fully saturated rings. The lowest BCUT2D eigenvalue weighted by molar-refractivity contribution is 0.0597. The smallest absolute Gasteiger partial charge is 0.0945 e. The Morgan fingerprint density at radius 2 is 2.11 bits per heavy atom. The standard InChI is InChI=1S/C15H28N4/c1-2-19(11-6-10-18-12-9-17-14-18)15(13-16)7-4-3-5-8-15/h9,12,14H,2-8,10-11,13,16H2,1H3. The Hall–Kier alpha value is -0.870. The Morgan fingerprint density at radius 3 is 2.68 bits per heavy atom. The number of likely N-dealkylation sites (N-methyl/N-ethyl adjacent to an activating group) is 1. The van der Waals surface area contributed by atoms with E-state index < -0.39 is 0 Å². The normalized spacial score (nSPS) is 18.9. The van der Waals surface area contributed by atoms with Crippen LogP contribution >= 0.6 is 0 Å². The van der Waals surface area contributed by atoms with Crippen LogP contribution in [0.2, 0.25) is 0 Å². The van der Waals surface area contributed by atoms with Crippen LogP contribution in [0.5, 0.6) is 0 Å². The van der Waals surface area contributed by atoms with Crippen LogP contribution in [-0.2, 0) is 6.54 Å². The molecule has 1 saturated carbocycles. The van der Waals surface area contributed by atoms with Crippen molar-refractivity contribution in [1.29, 1.82) is 0 Å². The van der Waals surface area contributed by atoms with E-state index in [1.807, 2.05) is 18.7 Å². The van der Waals surface area contributed by atoms with Gasteiger partial charge in [0, 0.05) is 37.6 Å². The van der Waals surface area contributed by atoms with E-state index in [1.165, 1.54) is 38.5 Å². The highest BCUT2D eigenvalue weighted by Gasteiger charge is 2.35. The lowest BCUT2D eigenvalue weighted by atomic mass is 9.80. The van der Waals surface area contributed by atoms with Crippen molar-refractivity contribution in [1.82, 2.24) is 14.5 Å². The topological polar surface area (TPSA) is 47.1 Å². The van der Waals surface area contributed by atoms with Crippen LogP contribution in [0.4, 0.5) is 0 Å². The molecule has 0 bridgehead atoms. The van der Waals surface area contributed by atoms with E-state index in [2.05, 4.69) is 21.4 Å². The van der Waals surface area contributed by atoms with Crippen molar-refractivity contribution in [2.75, 3.05) is 19.6 Å². The molecule has 1 heterocycles. The maximum absolute atomic E-state index is 6.12. The molecule has 0 atom stereocenters. The summed E-state index contributed by atoms with van der Waals surface area (Å²) in [5.41, 5.74) is 6.40. The van der Waals surface area contributed by atoms with Gasteiger partial charge in [-0.05, 0) is 25.8 Å². The Balaban J connectivity index is 1.87. The minimum atomic E-state index is 0.280. The van der Waals surface area contributed by atoms with E-state index >= 15 is 0 Å². The number of nitrogens with two attached hydrogens (primary N) is 1. The maximum atomic E-state index is 6.12. The van der Waals surface area contributed by atoms with Gasteiger partial charge in [-0.15, -0.1) is 0 Å². The predicted octanol–water partition coefficient (Wildman–Crippen LogP) is 2.26. The van der Waals surface area contributed by atoms with Crippen molar-refractivity contribution < 1.29 is 0 Å². The first-order valence-electron chi connectivity index (χ1n) is 7.71. The van der Waals surface area contributed by atoms with Gasteiger partial charge in [0.05, 0.1) is 6.33 Å². The lowest BCUT2D eigenvalue weighted by Crippen LogP contribution is -2.55. The van der Waals surface area contributed by atoms with Gasteiger partial charge in [-0.25, -0.2) is 4.98 Å². The molecular formula is C15H28N4. The van der Waals surface area contributed by atoms with Gasteiger partial charge in [-0.1, -0.05) is 26.2 Å². The Bertz CT molecular complexity index is 341. The third-order valence-corrected chi connectivity index (χ3v) is 4.62. The summed E-state index contributed by atoms with van der Waals surface area (Å²) in [6.45, 7) is 6.39. The molecule has 0 saturated heterocycles. The highest BCUT2D eigenvalue weighted by atomic mass is 15.2. The first kappa shape index (κ1) is 14.5. The second kappa shape index (κ2) is 7.06. The molecule has 1 aliphatic carbocycles. The minimum Gasteiger partial charge on any atom is -0.337 e. The number of aromatic nitrogens is 2. The summed E-state index contributed by atoms with van der Waals surface area (Å²) in [4.78, 5) is 6.72. The monoisotopic (exact) mass is 264 g/mol. The highest BCUT2D eigenvalue weighted by molar-refractivity contribution is 4.93. The summed E-state index contributed by atoms with van der Waals surface area (Å²) >= 11 is 0. The van der Waals surface area contributed by atoms with E-state index in [0.717, 1.165) is 26.2 Å². The molecule has 1 aromatic heterocycles. The maximum Gasteiger partial charge on any atom is 0.0945 e. The number of rotatable bonds is 7. The van der Waals surface area contributed by atoms with Crippen molar-refractivity contribution in [2.24, 2.45) is 5.73 Å². The van der Waals surface area contributed by atoms with Gasteiger partial charge in [0.1, 0.15) is 0 Å². The van der Waals surface area contributed by atoms with Crippen molar-refractivity contribution in [3.05, 3.63) is 18.7 Å². The third-order valence-electron chi connectivity index (χ3n) is 4.62. The molecule has 0 unspecified atom stereocenters. The molecule has 0 amide bonds. The van der Waals surface area contributed by atoms with Crippen molar-refractivity contribution in [2.45, 2.75) is 57.5 Å². The first-order valence-corrected chi connectivity index (χ1v) is 7.71. The van der Waals surface area contributed by atoms with Crippen molar-refractivity contribution in [3.8, 4) is 0 Å². The Kier molecular flexibility index (Phi) is 5.40. The van der Waals surface area contributed by atoms with Gasteiger partial charge in [-0.2, -0.15) is 0 Å². The fourth-order valence-corrected chi connectivity index (χ4v) is 3.45. The fraction of sp³-hybridized carbons (Fsp3) is 0.800. The zero-order valence-electron chi connectivity index (χ0n) is 12.2. The number of nitrogens with zero attached hydrogens (tertiary/aromatic N) is 3. The summed E-state index contributed by atoms with van der Waals surface area (Å²) < 4.78 is 2.16. The predicted molar refractivity (Wildman–Crippen MR) is 79.0 cm³/mol. The summed E-state index contributed by atoms with van der Waals surface area (Å²) in [5, 5.41) is 0. The number of hydrogen-bond acceptors (Lipinski definition) is 3. The van der Waals surface area contributed by atoms with Crippen LogP contribution in [0.3, 0.4) is 0 Å². The molecule has 1 aromatic rings. The van der Waals surface area contributed by atoms with Gasteiger partial charge >= 0.3 is 0 Å². The van der Waals surface area contributed by atoms with E-state index in [-0.39, 0.29) is 5.54 Å². The summed E-state index contributed by atoms with van der Waals surface area (Å²) in [7, 11) is 0. The lowest BCUT2D eigenvalue weighted by Gasteiger charge is -2.45. The SMILES string of the molecule is CCN(CCCn1ccnc1)C1(CN)CCCCC1. The molecular weight excluding hydrogens is 236 g/mol. The van der Waals surface area contributed by atoms with Crippen LogP contribution in [0.15, 0.2) is 18.7 Å². The average Bonchev–Trinajstić information content (AvgIpc) is 2.97. The summed E-state index contributed by atoms with van der Waals surface area (Å²) in [6, 6.07) is 0. The molecule has 1 aliphatic rings. The van der Waals surface area contributed by atoms with Crippen LogP contribution in [0.1, 0.15) is 45.4 Å². The second-order valence-corrected chi connectivity index (χ2v) is 5.72. The van der Waals surface area contributed by atoms with Crippen LogP contribution in [0, 0.1) is 0 Å². The summed E-state index contributed by atoms with van der Waals surface area (Å²) in [5.74, 6) is 0. The van der Waals surface area contributed by atoms with Crippen molar-refractivity contribution >= 4 is 0 Å². The molecule has 2 rings (SSSR count). The molecule has 0 aromatic carbocycles. The van der Waals surface area contributed by atoms with Gasteiger partial charge in [0.15, 0.2) is 0 Å². The molecule has 0 spiro atoms. The van der Waals surface area contributed by atoms with Crippen LogP contribution in [-0.4, -0.2) is 39.6 Å². The van der Waals surface area contributed by atoms with E-state index in [1.54, 1.807) is 0 Å². The van der Waals surface area contributed by atoms with E-state index in [4.69, 9.17) is 5.73 Å². The third kappa shape index (κ3) is 3.57. The first-order chi connectivity index (χ1) is 9.30. The molecule has 19 heavy (non-hydrogen) atoms. The Morgan fingerprint density at radius 1 is 1.32 bits per heavy atom. The van der Waals surface area contributed by atoms with Gasteiger partial charge < -0.3 is 10.3 Å². The van der Waals surface area contributed by atoms with E-state index in [9.17, 15) is 0 Å². The molecule has 0 aliphatic heterocycles. The molecule has 4 heteroatoms. The van der Waals surface area contributed by atoms with Gasteiger partial charge in [0.2, 0.25) is 0 Å². The molecule has 108 valence electrons. The zero-order valence-corrected chi connectivity index (χ0v) is 12.2. The molecule has 2 N–H and O–H groups in total. The fourth-order valence-electron chi connectivity index (χ4n) is 3.45. The van der Waals surface area contributed by atoms with E-state index in [0.29, 0.717) is 0 Å². The van der Waals surface area contributed by atoms with Crippen LogP contribution in [0.25, 0.3) is 0 Å². The minimum absolute atomic E-state index is 0.280. The van der Waals surface area contributed by atoms with Gasteiger partial charge in [0.25, 0.3) is 0 Å². The Labute approximate surface area is 117 Å². The zero-order chi connectivity index (χ0) is 13.6. The number of imidazole rings is 1. The van der Waals surface area contributed by atoms with Gasteiger partial charge in [-0.3, -0.25) is 4.90 Å². The summed E-state index contributed by atoms with van der Waals surface area (Å²) in [6.07, 6.45) is 13.6. The number of hydrogen-bond donors (Lipinski definition) is 1. The highest BCUT2D eigenvalue weighted by Crippen LogP contribution is 2.32. The largest absolute Gasteiger partial charge is 0.337 e. The van der Waals surface area contributed by atoms with Crippen LogP contribution < -0.4 is 5.73 Å². The number of aryl methyl sites for hydroxylation is 1. The van der Waals surface area contributed by atoms with Crippen molar-refractivity contribution in [3.63, 3.8) is 0 Å². The molecule has 4 nitrogen and oxygen atoms in total. The quantitative estimate of drug-likeness (QED) is 0.821. The average molecular weight is 264 g/mol. The molecule has 0 radical (unpaired) electrons.